The molecule has 0 aromatic heterocycles. The summed E-state index contributed by atoms with van der Waals surface area (Å²) in [5, 5.41) is 2.69. The number of ketones is 2. The third-order valence-electron chi connectivity index (χ3n) is 3.82. The third-order valence-corrected chi connectivity index (χ3v) is 3.82. The summed E-state index contributed by atoms with van der Waals surface area (Å²) < 4.78 is 0. The average molecular weight is 352 g/mol. The molecular formula is C20H20N2O4. The van der Waals surface area contributed by atoms with Crippen LogP contribution in [0.1, 0.15) is 41.5 Å². The first-order valence-electron chi connectivity index (χ1n) is 8.08. The lowest BCUT2D eigenvalue weighted by Gasteiger charge is -2.21. The summed E-state index contributed by atoms with van der Waals surface area (Å²) in [4.78, 5) is 48.4. The molecule has 134 valence electrons. The Labute approximate surface area is 151 Å². The number of amides is 2. The number of nitrogens with zero attached hydrogens (tertiary/aromatic N) is 1. The quantitative estimate of drug-likeness (QED) is 0.810. The average Bonchev–Trinajstić information content (AvgIpc) is 2.60. The van der Waals surface area contributed by atoms with Crippen LogP contribution in [0, 0.1) is 0 Å². The molecule has 0 aliphatic carbocycles. The lowest BCUT2D eigenvalue weighted by Crippen LogP contribution is -2.36. The smallest absolute Gasteiger partial charge is 0.244 e. The molecule has 0 bridgehead atoms. The number of hydrogen-bond acceptors (Lipinski definition) is 4. The van der Waals surface area contributed by atoms with E-state index in [0.29, 0.717) is 22.5 Å². The zero-order valence-electron chi connectivity index (χ0n) is 14.9. The first-order chi connectivity index (χ1) is 12.3. The minimum absolute atomic E-state index is 0.0593. The van der Waals surface area contributed by atoms with Gasteiger partial charge in [0.15, 0.2) is 11.6 Å². The zero-order valence-corrected chi connectivity index (χ0v) is 14.9. The Bertz CT molecular complexity index is 856. The molecule has 0 atom stereocenters. The van der Waals surface area contributed by atoms with Crippen LogP contribution in [-0.4, -0.2) is 29.9 Å². The lowest BCUT2D eigenvalue weighted by atomic mass is 10.1. The maximum atomic E-state index is 12.3. The Morgan fingerprint density at radius 3 is 2.00 bits per heavy atom. The molecular weight excluding hydrogens is 332 g/mol. The third kappa shape index (κ3) is 4.86. The van der Waals surface area contributed by atoms with Crippen molar-refractivity contribution in [1.82, 2.24) is 0 Å². The molecule has 0 aliphatic rings. The predicted molar refractivity (Wildman–Crippen MR) is 99.5 cm³/mol. The molecule has 6 heteroatoms. The molecule has 0 saturated carbocycles. The number of benzene rings is 2. The van der Waals surface area contributed by atoms with Gasteiger partial charge in [0.2, 0.25) is 11.8 Å². The molecule has 0 fully saturated rings. The van der Waals surface area contributed by atoms with Gasteiger partial charge in [0.25, 0.3) is 0 Å². The van der Waals surface area contributed by atoms with Gasteiger partial charge in [-0.25, -0.2) is 0 Å². The Morgan fingerprint density at radius 1 is 0.846 bits per heavy atom. The summed E-state index contributed by atoms with van der Waals surface area (Å²) in [7, 11) is 0. The zero-order chi connectivity index (χ0) is 19.3. The van der Waals surface area contributed by atoms with Gasteiger partial charge in [-0.3, -0.25) is 19.2 Å². The predicted octanol–water partition coefficient (Wildman–Crippen LogP) is 3.08. The van der Waals surface area contributed by atoms with Crippen LogP contribution >= 0.6 is 0 Å². The van der Waals surface area contributed by atoms with Crippen molar-refractivity contribution in [3.8, 4) is 0 Å². The molecule has 1 N–H and O–H groups in total. The highest BCUT2D eigenvalue weighted by atomic mass is 16.2. The molecule has 0 aliphatic heterocycles. The summed E-state index contributed by atoms with van der Waals surface area (Å²) in [5.41, 5.74) is 2.02. The first kappa shape index (κ1) is 19.1. The fourth-order valence-corrected chi connectivity index (χ4v) is 2.41. The van der Waals surface area contributed by atoms with Crippen LogP contribution in [0.5, 0.6) is 0 Å². The van der Waals surface area contributed by atoms with Gasteiger partial charge in [-0.1, -0.05) is 12.1 Å². The second kappa shape index (κ2) is 8.20. The summed E-state index contributed by atoms with van der Waals surface area (Å²) in [6.07, 6.45) is 0. The van der Waals surface area contributed by atoms with E-state index in [1.165, 1.54) is 25.7 Å². The highest BCUT2D eigenvalue weighted by Crippen LogP contribution is 2.17. The molecule has 0 unspecified atom stereocenters. The van der Waals surface area contributed by atoms with E-state index in [4.69, 9.17) is 0 Å². The van der Waals surface area contributed by atoms with E-state index in [0.717, 1.165) is 0 Å². The minimum atomic E-state index is -0.385. The molecule has 0 heterocycles. The van der Waals surface area contributed by atoms with Crippen molar-refractivity contribution in [2.75, 3.05) is 16.8 Å². The summed E-state index contributed by atoms with van der Waals surface area (Å²) >= 11 is 0. The molecule has 2 rings (SSSR count). The van der Waals surface area contributed by atoms with E-state index in [1.807, 2.05) is 0 Å². The number of Topliss-reactive ketones (excluding diaryl/α,β-unsaturated/α-hetero) is 2. The van der Waals surface area contributed by atoms with Gasteiger partial charge in [0, 0.05) is 29.4 Å². The van der Waals surface area contributed by atoms with Crippen LogP contribution < -0.4 is 10.2 Å². The van der Waals surface area contributed by atoms with E-state index in [9.17, 15) is 19.2 Å². The molecule has 2 amide bonds. The van der Waals surface area contributed by atoms with Crippen molar-refractivity contribution in [3.05, 3.63) is 59.7 Å². The van der Waals surface area contributed by atoms with E-state index in [2.05, 4.69) is 5.32 Å². The molecule has 26 heavy (non-hydrogen) atoms. The van der Waals surface area contributed by atoms with E-state index in [1.54, 1.807) is 48.5 Å². The van der Waals surface area contributed by atoms with Gasteiger partial charge in [-0.15, -0.1) is 0 Å². The molecule has 0 spiro atoms. The maximum Gasteiger partial charge on any atom is 0.244 e. The van der Waals surface area contributed by atoms with Crippen molar-refractivity contribution in [2.45, 2.75) is 20.8 Å². The lowest BCUT2D eigenvalue weighted by molar-refractivity contribution is -0.120. The maximum absolute atomic E-state index is 12.3. The van der Waals surface area contributed by atoms with E-state index in [-0.39, 0.29) is 29.9 Å². The number of anilines is 2. The van der Waals surface area contributed by atoms with Gasteiger partial charge in [-0.05, 0) is 50.2 Å². The Hall–Kier alpha value is -3.28. The standard InChI is InChI=1S/C20H20N2O4/c1-13(23)16-7-9-18(10-8-16)21-20(26)12-22(15(3)25)19-6-4-5-17(11-19)14(2)24/h4-11H,12H2,1-3H3,(H,21,26). The minimum Gasteiger partial charge on any atom is -0.325 e. The van der Waals surface area contributed by atoms with Crippen LogP contribution in [0.2, 0.25) is 0 Å². The number of rotatable bonds is 6. The highest BCUT2D eigenvalue weighted by molar-refractivity contribution is 6.03. The molecule has 0 saturated heterocycles. The van der Waals surface area contributed by atoms with Crippen LogP contribution in [-0.2, 0) is 9.59 Å². The van der Waals surface area contributed by atoms with Crippen molar-refractivity contribution >= 4 is 34.8 Å². The summed E-state index contributed by atoms with van der Waals surface area (Å²) in [6.45, 7) is 4.07. The van der Waals surface area contributed by atoms with Crippen molar-refractivity contribution in [3.63, 3.8) is 0 Å². The fraction of sp³-hybridized carbons (Fsp3) is 0.200. The van der Waals surface area contributed by atoms with Crippen LogP contribution in [0.15, 0.2) is 48.5 Å². The van der Waals surface area contributed by atoms with Crippen molar-refractivity contribution in [1.29, 1.82) is 0 Å². The topological polar surface area (TPSA) is 83.6 Å². The highest BCUT2D eigenvalue weighted by Gasteiger charge is 2.17. The van der Waals surface area contributed by atoms with E-state index >= 15 is 0 Å². The van der Waals surface area contributed by atoms with Gasteiger partial charge in [0.1, 0.15) is 6.54 Å². The van der Waals surface area contributed by atoms with E-state index < -0.39 is 0 Å². The van der Waals surface area contributed by atoms with Gasteiger partial charge in [-0.2, -0.15) is 0 Å². The van der Waals surface area contributed by atoms with Gasteiger partial charge in [0.05, 0.1) is 0 Å². The Morgan fingerprint density at radius 2 is 1.46 bits per heavy atom. The number of nitrogens with one attached hydrogen (secondary N) is 1. The van der Waals surface area contributed by atoms with Crippen LogP contribution in [0.3, 0.4) is 0 Å². The number of carbonyl (C=O) groups excluding carboxylic acids is 4. The monoisotopic (exact) mass is 352 g/mol. The Kier molecular flexibility index (Phi) is 6.01. The van der Waals surface area contributed by atoms with Gasteiger partial charge >= 0.3 is 0 Å². The summed E-state index contributed by atoms with van der Waals surface area (Å²) in [6, 6.07) is 13.1. The molecule has 0 radical (unpaired) electrons. The molecule has 2 aromatic carbocycles. The van der Waals surface area contributed by atoms with Crippen molar-refractivity contribution in [2.24, 2.45) is 0 Å². The summed E-state index contributed by atoms with van der Waals surface area (Å²) in [5.74, 6) is -0.877. The van der Waals surface area contributed by atoms with Crippen molar-refractivity contribution < 1.29 is 19.2 Å². The molecule has 6 nitrogen and oxygen atoms in total. The normalized spacial score (nSPS) is 10.1. The van der Waals surface area contributed by atoms with Crippen LogP contribution in [0.4, 0.5) is 11.4 Å². The first-order valence-corrected chi connectivity index (χ1v) is 8.08. The second-order valence-electron chi connectivity index (χ2n) is 5.89. The number of carbonyl (C=O) groups is 4. The molecule has 2 aromatic rings. The Balaban J connectivity index is 2.13. The van der Waals surface area contributed by atoms with Crippen LogP contribution in [0.25, 0.3) is 0 Å². The fourth-order valence-electron chi connectivity index (χ4n) is 2.41. The number of hydrogen-bond donors (Lipinski definition) is 1. The van der Waals surface area contributed by atoms with Gasteiger partial charge < -0.3 is 10.2 Å². The SMILES string of the molecule is CC(=O)c1ccc(NC(=O)CN(C(C)=O)c2cccc(C(C)=O)c2)cc1. The largest absolute Gasteiger partial charge is 0.325 e. The second-order valence-corrected chi connectivity index (χ2v) is 5.89.